The fraction of sp³-hybridized carbons (Fsp3) is 0.909. The van der Waals surface area contributed by atoms with E-state index in [4.69, 9.17) is 9.47 Å². The highest BCUT2D eigenvalue weighted by molar-refractivity contribution is 5.99. The van der Waals surface area contributed by atoms with Gasteiger partial charge in [0.05, 0.1) is 18.2 Å². The molecule has 0 aromatic carbocycles. The Kier molecular flexibility index (Phi) is 12.3. The second-order valence-corrected chi connectivity index (χ2v) is 15.5. The van der Waals surface area contributed by atoms with Crippen molar-refractivity contribution in [1.29, 1.82) is 0 Å². The molecule has 238 valence electrons. The molecule has 0 unspecified atom stereocenters. The highest BCUT2D eigenvalue weighted by Crippen LogP contribution is 2.42. The quantitative estimate of drug-likeness (QED) is 0.295. The van der Waals surface area contributed by atoms with E-state index < -0.39 is 23.3 Å². The summed E-state index contributed by atoms with van der Waals surface area (Å²) in [4.78, 5) is 42.4. The van der Waals surface area contributed by atoms with Crippen molar-refractivity contribution in [1.82, 2.24) is 15.5 Å². The molecule has 3 amide bonds. The summed E-state index contributed by atoms with van der Waals surface area (Å²) >= 11 is 0. The summed E-state index contributed by atoms with van der Waals surface area (Å²) < 4.78 is 12.5. The van der Waals surface area contributed by atoms with E-state index >= 15 is 0 Å². The maximum absolute atomic E-state index is 13.7. The van der Waals surface area contributed by atoms with Gasteiger partial charge in [-0.2, -0.15) is 0 Å². The highest BCUT2D eigenvalue weighted by Gasteiger charge is 2.52. The number of amides is 3. The third-order valence-corrected chi connectivity index (χ3v) is 8.63. The van der Waals surface area contributed by atoms with E-state index in [0.717, 1.165) is 25.7 Å². The van der Waals surface area contributed by atoms with Gasteiger partial charge in [0.25, 0.3) is 0 Å². The van der Waals surface area contributed by atoms with Crippen LogP contribution in [0.1, 0.15) is 134 Å². The highest BCUT2D eigenvalue weighted by atomic mass is 16.6. The maximum atomic E-state index is 13.7. The van der Waals surface area contributed by atoms with Gasteiger partial charge in [-0.1, -0.05) is 66.2 Å². The van der Waals surface area contributed by atoms with Gasteiger partial charge >= 0.3 is 6.09 Å². The first-order valence-electron chi connectivity index (χ1n) is 16.1. The summed E-state index contributed by atoms with van der Waals surface area (Å²) in [7, 11) is 0. The summed E-state index contributed by atoms with van der Waals surface area (Å²) in [6, 6.07) is -0.678. The number of nitrogens with one attached hydrogen (secondary N) is 2. The summed E-state index contributed by atoms with van der Waals surface area (Å²) in [5.41, 5.74) is -1.78. The second-order valence-electron chi connectivity index (χ2n) is 15.5. The number of hydrogen-bond acceptors (Lipinski definition) is 6. The average molecular weight is 580 g/mol. The normalized spacial score (nSPS) is 24.2. The van der Waals surface area contributed by atoms with Crippen LogP contribution in [-0.2, 0) is 19.1 Å². The van der Waals surface area contributed by atoms with E-state index in [1.54, 1.807) is 4.90 Å². The van der Waals surface area contributed by atoms with Gasteiger partial charge in [-0.25, -0.2) is 4.79 Å². The molecule has 1 saturated carbocycles. The standard InChI is InChI=1S/C33H61N3O5/c1-13-22(4)27(35-31(5,6)7)29(38)34-28(37)24(21(2)3)20-26-25(19-23-17-15-14-16-18-23)36(33(11,12)40-26)30(39)41-32(8,9)10/h21-27,35H,13-20H2,1-12H3,(H,34,37,38)/t22-,24-,25-,26-,27-/m0/s1. The van der Waals surface area contributed by atoms with Crippen molar-refractivity contribution >= 4 is 17.9 Å². The largest absolute Gasteiger partial charge is 0.444 e. The van der Waals surface area contributed by atoms with Crippen molar-refractivity contribution in [2.24, 2.45) is 23.7 Å². The van der Waals surface area contributed by atoms with Gasteiger partial charge in [0, 0.05) is 11.5 Å². The minimum atomic E-state index is -0.877. The van der Waals surface area contributed by atoms with Crippen molar-refractivity contribution in [2.45, 2.75) is 170 Å². The van der Waals surface area contributed by atoms with Crippen LogP contribution < -0.4 is 10.6 Å². The van der Waals surface area contributed by atoms with Crippen LogP contribution in [-0.4, -0.2) is 57.9 Å². The van der Waals surface area contributed by atoms with Gasteiger partial charge < -0.3 is 14.8 Å². The molecule has 0 spiro atoms. The van der Waals surface area contributed by atoms with Gasteiger partial charge in [-0.05, 0) is 86.0 Å². The van der Waals surface area contributed by atoms with Crippen molar-refractivity contribution in [3.05, 3.63) is 0 Å². The molecule has 0 bridgehead atoms. The first-order valence-corrected chi connectivity index (χ1v) is 16.1. The third kappa shape index (κ3) is 10.5. The van der Waals surface area contributed by atoms with Crippen molar-refractivity contribution < 1.29 is 23.9 Å². The topological polar surface area (TPSA) is 97.0 Å². The maximum Gasteiger partial charge on any atom is 0.412 e. The lowest BCUT2D eigenvalue weighted by molar-refractivity contribution is -0.137. The minimum Gasteiger partial charge on any atom is -0.444 e. The molecule has 0 radical (unpaired) electrons. The van der Waals surface area contributed by atoms with Crippen LogP contribution in [0.4, 0.5) is 4.79 Å². The second kappa shape index (κ2) is 14.2. The van der Waals surface area contributed by atoms with E-state index in [-0.39, 0.29) is 47.4 Å². The van der Waals surface area contributed by atoms with Crippen LogP contribution in [0.2, 0.25) is 0 Å². The number of imide groups is 1. The molecule has 5 atom stereocenters. The SMILES string of the molecule is CC[C@H](C)[C@H](NC(C)(C)C)C(=O)NC(=O)[C@@H](C[C@@H]1OC(C)(C)N(C(=O)OC(C)(C)C)[C@H]1CC1CCCCC1)C(C)C. The summed E-state index contributed by atoms with van der Waals surface area (Å²) in [6.07, 6.45) is 7.31. The Morgan fingerprint density at radius 2 is 1.56 bits per heavy atom. The van der Waals surface area contributed by atoms with Gasteiger partial charge in [-0.3, -0.25) is 19.8 Å². The molecule has 1 saturated heterocycles. The van der Waals surface area contributed by atoms with Gasteiger partial charge in [-0.15, -0.1) is 0 Å². The lowest BCUT2D eigenvalue weighted by Crippen LogP contribution is -2.56. The summed E-state index contributed by atoms with van der Waals surface area (Å²) in [5, 5.41) is 6.16. The van der Waals surface area contributed by atoms with Crippen LogP contribution in [0.5, 0.6) is 0 Å². The average Bonchev–Trinajstić information content (AvgIpc) is 3.07. The van der Waals surface area contributed by atoms with E-state index in [0.29, 0.717) is 12.3 Å². The number of carbonyl (C=O) groups excluding carboxylic acids is 3. The van der Waals surface area contributed by atoms with Gasteiger partial charge in [0.15, 0.2) is 0 Å². The van der Waals surface area contributed by atoms with Crippen molar-refractivity contribution in [3.63, 3.8) is 0 Å². The Labute approximate surface area is 250 Å². The predicted molar refractivity (Wildman–Crippen MR) is 164 cm³/mol. The molecule has 2 fully saturated rings. The molecular weight excluding hydrogens is 518 g/mol. The fourth-order valence-electron chi connectivity index (χ4n) is 6.36. The molecule has 2 rings (SSSR count). The minimum absolute atomic E-state index is 0.0157. The van der Waals surface area contributed by atoms with Crippen LogP contribution in [0.15, 0.2) is 0 Å². The van der Waals surface area contributed by atoms with Crippen LogP contribution in [0.25, 0.3) is 0 Å². The Hall–Kier alpha value is -1.67. The molecule has 8 heteroatoms. The number of nitrogens with zero attached hydrogens (tertiary/aromatic N) is 1. The summed E-state index contributed by atoms with van der Waals surface area (Å²) in [6.45, 7) is 23.6. The lowest BCUT2D eigenvalue weighted by atomic mass is 9.81. The molecule has 0 aromatic heterocycles. The molecule has 1 aliphatic carbocycles. The number of carbonyl (C=O) groups is 3. The molecule has 1 heterocycles. The Balaban J connectivity index is 2.32. The van der Waals surface area contributed by atoms with E-state index in [1.807, 2.05) is 76.2 Å². The molecule has 1 aliphatic heterocycles. The molecule has 8 nitrogen and oxygen atoms in total. The Morgan fingerprint density at radius 3 is 2.05 bits per heavy atom. The molecular formula is C33H61N3O5. The van der Waals surface area contributed by atoms with E-state index in [9.17, 15) is 14.4 Å². The zero-order valence-corrected chi connectivity index (χ0v) is 28.2. The zero-order chi connectivity index (χ0) is 31.3. The first-order chi connectivity index (χ1) is 18.8. The predicted octanol–water partition coefficient (Wildman–Crippen LogP) is 6.81. The van der Waals surface area contributed by atoms with Gasteiger partial charge in [0.1, 0.15) is 11.3 Å². The van der Waals surface area contributed by atoms with Gasteiger partial charge in [0.2, 0.25) is 11.8 Å². The number of hydrogen-bond donors (Lipinski definition) is 2. The van der Waals surface area contributed by atoms with E-state index in [2.05, 4.69) is 17.6 Å². The van der Waals surface area contributed by atoms with Crippen molar-refractivity contribution in [2.75, 3.05) is 0 Å². The number of ether oxygens (including phenoxy) is 2. The Bertz CT molecular complexity index is 882. The monoisotopic (exact) mass is 579 g/mol. The van der Waals surface area contributed by atoms with E-state index in [1.165, 1.54) is 19.3 Å². The van der Waals surface area contributed by atoms with Crippen LogP contribution in [0.3, 0.4) is 0 Å². The first kappa shape index (κ1) is 35.5. The van der Waals surface area contributed by atoms with Crippen LogP contribution >= 0.6 is 0 Å². The molecule has 2 N–H and O–H groups in total. The lowest BCUT2D eigenvalue weighted by Gasteiger charge is -2.37. The van der Waals surface area contributed by atoms with Crippen molar-refractivity contribution in [3.8, 4) is 0 Å². The Morgan fingerprint density at radius 1 is 0.976 bits per heavy atom. The molecule has 2 aliphatic rings. The van der Waals surface area contributed by atoms with Crippen LogP contribution in [0, 0.1) is 23.7 Å². The summed E-state index contributed by atoms with van der Waals surface area (Å²) in [5.74, 6) is -0.446. The third-order valence-electron chi connectivity index (χ3n) is 8.63. The fourth-order valence-corrected chi connectivity index (χ4v) is 6.36. The number of rotatable bonds is 10. The molecule has 41 heavy (non-hydrogen) atoms. The zero-order valence-electron chi connectivity index (χ0n) is 28.2. The molecule has 0 aromatic rings. The smallest absolute Gasteiger partial charge is 0.412 e.